The second kappa shape index (κ2) is 7.19. The van der Waals surface area contributed by atoms with Gasteiger partial charge in [-0.05, 0) is 25.0 Å². The second-order valence-corrected chi connectivity index (χ2v) is 6.17. The SMILES string of the molecule is Cc1[nH]c(-c2cccc(C(F)(F)F)c2)nc1C(=O)N[C@H](C(=O)O)C(C)C. The molecular weight excluding hydrogens is 351 g/mol. The van der Waals surface area contributed by atoms with Gasteiger partial charge in [-0.15, -0.1) is 0 Å². The summed E-state index contributed by atoms with van der Waals surface area (Å²) in [5.41, 5.74) is -0.409. The van der Waals surface area contributed by atoms with Gasteiger partial charge < -0.3 is 15.4 Å². The summed E-state index contributed by atoms with van der Waals surface area (Å²) >= 11 is 0. The highest BCUT2D eigenvalue weighted by molar-refractivity contribution is 5.96. The van der Waals surface area contributed by atoms with Crippen LogP contribution < -0.4 is 5.32 Å². The fraction of sp³-hybridized carbons (Fsp3) is 0.353. The molecule has 1 aromatic heterocycles. The number of amides is 1. The molecule has 0 unspecified atom stereocenters. The molecule has 3 N–H and O–H groups in total. The van der Waals surface area contributed by atoms with Crippen molar-refractivity contribution in [1.82, 2.24) is 15.3 Å². The highest BCUT2D eigenvalue weighted by Crippen LogP contribution is 2.31. The molecule has 1 heterocycles. The van der Waals surface area contributed by atoms with Crippen LogP contribution >= 0.6 is 0 Å². The Labute approximate surface area is 147 Å². The Morgan fingerprint density at radius 1 is 1.27 bits per heavy atom. The number of aliphatic carboxylic acids is 1. The van der Waals surface area contributed by atoms with Gasteiger partial charge in [-0.1, -0.05) is 26.0 Å². The lowest BCUT2D eigenvalue weighted by atomic mass is 10.0. The average Bonchev–Trinajstić information content (AvgIpc) is 2.93. The maximum atomic E-state index is 12.8. The van der Waals surface area contributed by atoms with E-state index in [0.29, 0.717) is 5.69 Å². The summed E-state index contributed by atoms with van der Waals surface area (Å²) in [6.45, 7) is 4.82. The Hall–Kier alpha value is -2.84. The van der Waals surface area contributed by atoms with Gasteiger partial charge in [-0.3, -0.25) is 4.79 Å². The predicted molar refractivity (Wildman–Crippen MR) is 87.5 cm³/mol. The Bertz CT molecular complexity index is 828. The van der Waals surface area contributed by atoms with E-state index in [0.717, 1.165) is 12.1 Å². The van der Waals surface area contributed by atoms with Crippen LogP contribution in [-0.2, 0) is 11.0 Å². The van der Waals surface area contributed by atoms with Gasteiger partial charge in [-0.25, -0.2) is 9.78 Å². The minimum atomic E-state index is -4.50. The van der Waals surface area contributed by atoms with Crippen LogP contribution in [0.2, 0.25) is 0 Å². The zero-order valence-electron chi connectivity index (χ0n) is 14.3. The normalized spacial score (nSPS) is 12.9. The van der Waals surface area contributed by atoms with Crippen LogP contribution in [0.25, 0.3) is 11.4 Å². The van der Waals surface area contributed by atoms with Gasteiger partial charge in [0, 0.05) is 11.3 Å². The lowest BCUT2D eigenvalue weighted by molar-refractivity contribution is -0.140. The Morgan fingerprint density at radius 3 is 2.46 bits per heavy atom. The van der Waals surface area contributed by atoms with Gasteiger partial charge in [-0.2, -0.15) is 13.2 Å². The third kappa shape index (κ3) is 4.22. The molecule has 0 aliphatic carbocycles. The molecule has 2 rings (SSSR count). The molecule has 1 aromatic carbocycles. The topological polar surface area (TPSA) is 95.1 Å². The van der Waals surface area contributed by atoms with Crippen molar-refractivity contribution >= 4 is 11.9 Å². The molecule has 0 saturated heterocycles. The van der Waals surface area contributed by atoms with Crippen LogP contribution in [0.5, 0.6) is 0 Å². The lowest BCUT2D eigenvalue weighted by Gasteiger charge is -2.17. The number of aromatic amines is 1. The summed E-state index contributed by atoms with van der Waals surface area (Å²) in [4.78, 5) is 30.3. The summed E-state index contributed by atoms with van der Waals surface area (Å²) < 4.78 is 38.5. The third-order valence-corrected chi connectivity index (χ3v) is 3.78. The number of H-pyrrole nitrogens is 1. The number of imidazole rings is 1. The van der Waals surface area contributed by atoms with E-state index in [1.54, 1.807) is 13.8 Å². The van der Waals surface area contributed by atoms with Crippen molar-refractivity contribution < 1.29 is 27.9 Å². The highest BCUT2D eigenvalue weighted by Gasteiger charge is 2.31. The van der Waals surface area contributed by atoms with Crippen molar-refractivity contribution in [2.45, 2.75) is 33.0 Å². The Morgan fingerprint density at radius 2 is 1.92 bits per heavy atom. The zero-order chi connectivity index (χ0) is 19.6. The minimum absolute atomic E-state index is 0.0655. The van der Waals surface area contributed by atoms with Gasteiger partial charge in [0.1, 0.15) is 17.6 Å². The number of halogens is 3. The molecule has 6 nitrogen and oxygen atoms in total. The zero-order valence-corrected chi connectivity index (χ0v) is 14.3. The van der Waals surface area contributed by atoms with E-state index in [-0.39, 0.29) is 23.0 Å². The van der Waals surface area contributed by atoms with E-state index in [1.165, 1.54) is 19.1 Å². The molecule has 0 aliphatic rings. The first kappa shape index (κ1) is 19.5. The molecule has 9 heteroatoms. The Balaban J connectivity index is 2.32. The molecule has 1 amide bonds. The number of hydrogen-bond acceptors (Lipinski definition) is 3. The van der Waals surface area contributed by atoms with Crippen molar-refractivity contribution in [3.63, 3.8) is 0 Å². The number of alkyl halides is 3. The molecule has 140 valence electrons. The molecule has 0 spiro atoms. The Kier molecular flexibility index (Phi) is 5.38. The van der Waals surface area contributed by atoms with Crippen LogP contribution in [0, 0.1) is 12.8 Å². The number of nitrogens with one attached hydrogen (secondary N) is 2. The van der Waals surface area contributed by atoms with Crippen LogP contribution in [0.15, 0.2) is 24.3 Å². The summed E-state index contributed by atoms with van der Waals surface area (Å²) in [6.07, 6.45) is -4.50. The van der Waals surface area contributed by atoms with Crippen LogP contribution in [0.4, 0.5) is 13.2 Å². The molecule has 0 saturated carbocycles. The first-order valence-corrected chi connectivity index (χ1v) is 7.78. The molecule has 1 atom stereocenters. The maximum Gasteiger partial charge on any atom is 0.416 e. The summed E-state index contributed by atoms with van der Waals surface area (Å²) in [5, 5.41) is 11.5. The lowest BCUT2D eigenvalue weighted by Crippen LogP contribution is -2.44. The molecule has 0 radical (unpaired) electrons. The van der Waals surface area contributed by atoms with E-state index < -0.39 is 29.7 Å². The first-order chi connectivity index (χ1) is 12.0. The number of nitrogens with zero attached hydrogens (tertiary/aromatic N) is 1. The van der Waals surface area contributed by atoms with Crippen LogP contribution in [-0.4, -0.2) is 33.0 Å². The van der Waals surface area contributed by atoms with Crippen molar-refractivity contribution in [1.29, 1.82) is 0 Å². The summed E-state index contributed by atoms with van der Waals surface area (Å²) in [5.74, 6) is -2.15. The van der Waals surface area contributed by atoms with Gasteiger partial charge >= 0.3 is 12.1 Å². The predicted octanol–water partition coefficient (Wildman–Crippen LogP) is 3.24. The van der Waals surface area contributed by atoms with Crippen LogP contribution in [0.3, 0.4) is 0 Å². The minimum Gasteiger partial charge on any atom is -0.480 e. The number of carboxylic acid groups (broad SMARTS) is 1. The number of carbonyl (C=O) groups excluding carboxylic acids is 1. The maximum absolute atomic E-state index is 12.8. The molecule has 0 bridgehead atoms. The number of rotatable bonds is 5. The average molecular weight is 369 g/mol. The fourth-order valence-corrected chi connectivity index (χ4v) is 2.38. The number of aromatic nitrogens is 2. The number of carbonyl (C=O) groups is 2. The number of carboxylic acids is 1. The van der Waals surface area contributed by atoms with E-state index >= 15 is 0 Å². The molecule has 2 aromatic rings. The molecule has 26 heavy (non-hydrogen) atoms. The van der Waals surface area contributed by atoms with Crippen molar-refractivity contribution in [3.05, 3.63) is 41.2 Å². The molecule has 0 fully saturated rings. The smallest absolute Gasteiger partial charge is 0.416 e. The largest absolute Gasteiger partial charge is 0.480 e. The second-order valence-electron chi connectivity index (χ2n) is 6.17. The monoisotopic (exact) mass is 369 g/mol. The van der Waals surface area contributed by atoms with E-state index in [4.69, 9.17) is 5.11 Å². The van der Waals surface area contributed by atoms with Gasteiger partial charge in [0.15, 0.2) is 0 Å². The third-order valence-electron chi connectivity index (χ3n) is 3.78. The van der Waals surface area contributed by atoms with Gasteiger partial charge in [0.05, 0.1) is 5.56 Å². The van der Waals surface area contributed by atoms with Crippen LogP contribution in [0.1, 0.15) is 35.6 Å². The van der Waals surface area contributed by atoms with E-state index in [2.05, 4.69) is 15.3 Å². The summed E-state index contributed by atoms with van der Waals surface area (Å²) in [6, 6.07) is 3.44. The quantitative estimate of drug-likeness (QED) is 0.754. The van der Waals surface area contributed by atoms with Gasteiger partial charge in [0.25, 0.3) is 5.91 Å². The van der Waals surface area contributed by atoms with Crippen molar-refractivity contribution in [2.75, 3.05) is 0 Å². The molecule has 0 aliphatic heterocycles. The highest BCUT2D eigenvalue weighted by atomic mass is 19.4. The van der Waals surface area contributed by atoms with Crippen molar-refractivity contribution in [2.24, 2.45) is 5.92 Å². The number of aryl methyl sites for hydroxylation is 1. The number of hydrogen-bond donors (Lipinski definition) is 3. The summed E-state index contributed by atoms with van der Waals surface area (Å²) in [7, 11) is 0. The van der Waals surface area contributed by atoms with E-state index in [9.17, 15) is 22.8 Å². The van der Waals surface area contributed by atoms with E-state index in [1.807, 2.05) is 0 Å². The standard InChI is InChI=1S/C17H18F3N3O3/c1-8(2)12(16(25)26)23-15(24)13-9(3)21-14(22-13)10-5-4-6-11(7-10)17(18,19)20/h4-8,12H,1-3H3,(H,21,22)(H,23,24)(H,25,26)/t12-/m0/s1. The van der Waals surface area contributed by atoms with Crippen molar-refractivity contribution in [3.8, 4) is 11.4 Å². The molecular formula is C17H18F3N3O3. The number of benzene rings is 1. The first-order valence-electron chi connectivity index (χ1n) is 7.78. The van der Waals surface area contributed by atoms with Gasteiger partial charge in [0.2, 0.25) is 0 Å². The fourth-order valence-electron chi connectivity index (χ4n) is 2.38.